The highest BCUT2D eigenvalue weighted by molar-refractivity contribution is 5.72. The van der Waals surface area contributed by atoms with Crippen molar-refractivity contribution in [1.29, 1.82) is 0 Å². The third-order valence-electron chi connectivity index (χ3n) is 5.27. The van der Waals surface area contributed by atoms with Crippen molar-refractivity contribution in [2.24, 2.45) is 23.5 Å². The van der Waals surface area contributed by atoms with E-state index in [4.69, 9.17) is 15.6 Å². The Morgan fingerprint density at radius 3 is 2.39 bits per heavy atom. The van der Waals surface area contributed by atoms with E-state index in [0.717, 1.165) is 11.8 Å². The Bertz CT molecular complexity index is 388. The number of hydrogen-bond acceptors (Lipinski definition) is 4. The van der Waals surface area contributed by atoms with Gasteiger partial charge in [-0.25, -0.2) is 4.79 Å². The Kier molecular flexibility index (Phi) is 7.15. The van der Waals surface area contributed by atoms with Gasteiger partial charge in [-0.3, -0.25) is 4.79 Å². The molecule has 1 amide bonds. The molecule has 2 rings (SSSR count). The summed E-state index contributed by atoms with van der Waals surface area (Å²) in [5.74, 6) is 1.16. The molecule has 6 nitrogen and oxygen atoms in total. The molecular formula is C17H30N2O4. The molecule has 0 aromatic heterocycles. The molecule has 0 aromatic carbocycles. The van der Waals surface area contributed by atoms with Crippen molar-refractivity contribution in [3.05, 3.63) is 0 Å². The van der Waals surface area contributed by atoms with E-state index in [0.29, 0.717) is 38.3 Å². The van der Waals surface area contributed by atoms with Crippen LogP contribution in [-0.2, 0) is 9.53 Å². The third kappa shape index (κ3) is 6.01. The summed E-state index contributed by atoms with van der Waals surface area (Å²) in [6.07, 6.45) is 9.40. The van der Waals surface area contributed by atoms with Gasteiger partial charge in [0.1, 0.15) is 6.04 Å². The van der Waals surface area contributed by atoms with Crippen LogP contribution in [0.1, 0.15) is 57.8 Å². The van der Waals surface area contributed by atoms with E-state index in [2.05, 4.69) is 5.32 Å². The summed E-state index contributed by atoms with van der Waals surface area (Å²) in [7, 11) is 0. The molecule has 6 heteroatoms. The lowest BCUT2D eigenvalue weighted by atomic mass is 10.0. The molecule has 2 aliphatic carbocycles. The lowest BCUT2D eigenvalue weighted by Crippen LogP contribution is -2.30. The Morgan fingerprint density at radius 1 is 1.13 bits per heavy atom. The van der Waals surface area contributed by atoms with E-state index in [-0.39, 0.29) is 6.09 Å². The summed E-state index contributed by atoms with van der Waals surface area (Å²) in [4.78, 5) is 22.2. The van der Waals surface area contributed by atoms with E-state index in [1.54, 1.807) is 0 Å². The van der Waals surface area contributed by atoms with E-state index in [1.165, 1.54) is 38.5 Å². The van der Waals surface area contributed by atoms with E-state index >= 15 is 0 Å². The molecule has 1 unspecified atom stereocenters. The molecule has 0 aliphatic heterocycles. The minimum absolute atomic E-state index is 0.355. The van der Waals surface area contributed by atoms with Crippen LogP contribution in [0.25, 0.3) is 0 Å². The average Bonchev–Trinajstić information content (AvgIpc) is 3.14. The van der Waals surface area contributed by atoms with Crippen LogP contribution in [0.2, 0.25) is 0 Å². The summed E-state index contributed by atoms with van der Waals surface area (Å²) in [6, 6.07) is -0.812. The molecule has 2 fully saturated rings. The van der Waals surface area contributed by atoms with Crippen LogP contribution in [0.3, 0.4) is 0 Å². The first kappa shape index (κ1) is 18.0. The smallest absolute Gasteiger partial charge is 0.407 e. The van der Waals surface area contributed by atoms with Crippen LogP contribution in [0.4, 0.5) is 4.79 Å². The number of unbranched alkanes of at least 4 members (excludes halogenated alkanes) is 1. The van der Waals surface area contributed by atoms with Gasteiger partial charge >= 0.3 is 12.1 Å². The maximum atomic E-state index is 11.7. The number of nitrogens with two attached hydrogens (primary N) is 1. The molecule has 0 heterocycles. The Balaban J connectivity index is 1.50. The number of nitrogens with one attached hydrogen (secondary N) is 1. The number of carboxylic acids is 1. The second-order valence-electron chi connectivity index (χ2n) is 6.95. The minimum atomic E-state index is -0.977. The van der Waals surface area contributed by atoms with Crippen LogP contribution in [0, 0.1) is 17.8 Å². The average molecular weight is 326 g/mol. The second kappa shape index (κ2) is 9.11. The fraction of sp³-hybridized carbons (Fsp3) is 0.882. The minimum Gasteiger partial charge on any atom is -0.480 e. The highest BCUT2D eigenvalue weighted by Gasteiger charge is 2.49. The van der Waals surface area contributed by atoms with Crippen molar-refractivity contribution in [1.82, 2.24) is 5.32 Å². The topological polar surface area (TPSA) is 102 Å². The number of fused-ring (bicyclic) bond motifs is 1. The molecule has 0 radical (unpaired) electrons. The van der Waals surface area contributed by atoms with Gasteiger partial charge in [-0.15, -0.1) is 0 Å². The largest absolute Gasteiger partial charge is 0.480 e. The first-order chi connectivity index (χ1) is 11.1. The van der Waals surface area contributed by atoms with Crippen molar-refractivity contribution in [3.8, 4) is 0 Å². The SMILES string of the molecule is N[C@@H](CCCCNC(=O)OCC1[C@H]2CCCCCC[C@@H]12)C(=O)O. The Hall–Kier alpha value is -1.30. The summed E-state index contributed by atoms with van der Waals surface area (Å²) < 4.78 is 5.34. The number of carbonyl (C=O) groups excluding carboxylic acids is 1. The maximum absolute atomic E-state index is 11.7. The number of aliphatic carboxylic acids is 1. The molecule has 132 valence electrons. The molecule has 23 heavy (non-hydrogen) atoms. The summed E-state index contributed by atoms with van der Waals surface area (Å²) in [5.41, 5.74) is 5.41. The molecule has 2 saturated carbocycles. The fourth-order valence-electron chi connectivity index (χ4n) is 3.77. The van der Waals surface area contributed by atoms with Crippen LogP contribution in [0.15, 0.2) is 0 Å². The van der Waals surface area contributed by atoms with Crippen LogP contribution >= 0.6 is 0 Å². The van der Waals surface area contributed by atoms with Gasteiger partial charge in [-0.2, -0.15) is 0 Å². The molecule has 0 aromatic rings. The van der Waals surface area contributed by atoms with Crippen LogP contribution < -0.4 is 11.1 Å². The number of hydrogen-bond donors (Lipinski definition) is 3. The third-order valence-corrected chi connectivity index (χ3v) is 5.27. The number of carbonyl (C=O) groups is 2. The summed E-state index contributed by atoms with van der Waals surface area (Å²) in [6.45, 7) is 1.05. The summed E-state index contributed by atoms with van der Waals surface area (Å²) >= 11 is 0. The predicted octanol–water partition coefficient (Wildman–Crippen LogP) is 2.51. The van der Waals surface area contributed by atoms with Gasteiger partial charge in [0.2, 0.25) is 0 Å². The first-order valence-corrected chi connectivity index (χ1v) is 8.98. The maximum Gasteiger partial charge on any atom is 0.407 e. The first-order valence-electron chi connectivity index (χ1n) is 8.98. The second-order valence-corrected chi connectivity index (χ2v) is 6.95. The van der Waals surface area contributed by atoms with E-state index < -0.39 is 12.0 Å². The van der Waals surface area contributed by atoms with Gasteiger partial charge in [0.05, 0.1) is 6.61 Å². The molecule has 4 N–H and O–H groups in total. The number of amides is 1. The predicted molar refractivity (Wildman–Crippen MR) is 87.0 cm³/mol. The Morgan fingerprint density at radius 2 is 1.78 bits per heavy atom. The number of alkyl carbamates (subject to hydrolysis) is 1. The summed E-state index contributed by atoms with van der Waals surface area (Å²) in [5, 5.41) is 11.4. The van der Waals surface area contributed by atoms with E-state index in [1.807, 2.05) is 0 Å². The van der Waals surface area contributed by atoms with Crippen LogP contribution in [0.5, 0.6) is 0 Å². The standard InChI is InChI=1S/C17H30N2O4/c18-15(16(20)21)9-5-6-10-19-17(22)23-11-14-12-7-3-1-2-4-8-13(12)14/h12-15H,1-11,18H2,(H,19,22)(H,20,21)/t12-,13+,14?,15-/m0/s1. The van der Waals surface area contributed by atoms with Gasteiger partial charge in [0, 0.05) is 6.54 Å². The molecule has 2 aliphatic rings. The van der Waals surface area contributed by atoms with Gasteiger partial charge in [-0.05, 0) is 49.9 Å². The quantitative estimate of drug-likeness (QED) is 0.595. The highest BCUT2D eigenvalue weighted by atomic mass is 16.5. The monoisotopic (exact) mass is 326 g/mol. The van der Waals surface area contributed by atoms with Gasteiger partial charge in [0.25, 0.3) is 0 Å². The number of carboxylic acid groups (broad SMARTS) is 1. The van der Waals surface area contributed by atoms with Crippen molar-refractivity contribution in [2.75, 3.05) is 13.2 Å². The normalized spacial score (nSPS) is 28.0. The molecular weight excluding hydrogens is 296 g/mol. The van der Waals surface area contributed by atoms with Gasteiger partial charge in [0.15, 0.2) is 0 Å². The number of rotatable bonds is 8. The van der Waals surface area contributed by atoms with Gasteiger partial charge < -0.3 is 20.9 Å². The zero-order chi connectivity index (χ0) is 16.7. The zero-order valence-corrected chi connectivity index (χ0v) is 13.8. The molecule has 0 saturated heterocycles. The zero-order valence-electron chi connectivity index (χ0n) is 13.8. The Labute approximate surface area is 138 Å². The van der Waals surface area contributed by atoms with Crippen molar-refractivity contribution < 1.29 is 19.4 Å². The van der Waals surface area contributed by atoms with Crippen molar-refractivity contribution in [2.45, 2.75) is 63.8 Å². The highest BCUT2D eigenvalue weighted by Crippen LogP contribution is 2.53. The van der Waals surface area contributed by atoms with Crippen LogP contribution in [-0.4, -0.2) is 36.4 Å². The fourth-order valence-corrected chi connectivity index (χ4v) is 3.77. The van der Waals surface area contributed by atoms with Crippen molar-refractivity contribution >= 4 is 12.1 Å². The molecule has 0 bridgehead atoms. The van der Waals surface area contributed by atoms with Gasteiger partial charge in [-0.1, -0.05) is 25.7 Å². The van der Waals surface area contributed by atoms with E-state index in [9.17, 15) is 9.59 Å². The molecule has 0 spiro atoms. The van der Waals surface area contributed by atoms with Crippen molar-refractivity contribution in [3.63, 3.8) is 0 Å². The lowest BCUT2D eigenvalue weighted by molar-refractivity contribution is -0.138. The lowest BCUT2D eigenvalue weighted by Gasteiger charge is -2.08. The number of ether oxygens (including phenoxy) is 1. The molecule has 4 atom stereocenters.